The monoisotopic (exact) mass is 438 g/mol. The number of ether oxygens (including phenoxy) is 1. The third-order valence-corrected chi connectivity index (χ3v) is 6.68. The lowest BCUT2D eigenvalue weighted by Crippen LogP contribution is -2.26. The van der Waals surface area contributed by atoms with Crippen molar-refractivity contribution in [2.75, 3.05) is 11.4 Å². The van der Waals surface area contributed by atoms with Gasteiger partial charge in [-0.2, -0.15) is 0 Å². The van der Waals surface area contributed by atoms with Crippen LogP contribution in [0, 0.1) is 13.8 Å². The second kappa shape index (κ2) is 8.31. The summed E-state index contributed by atoms with van der Waals surface area (Å²) in [4.78, 5) is 4.66. The lowest BCUT2D eigenvalue weighted by atomic mass is 10.2. The number of nitrogens with zero attached hydrogens (tertiary/aromatic N) is 2. The lowest BCUT2D eigenvalue weighted by Gasteiger charge is -2.20. The normalized spacial score (nSPS) is 11.5. The molecule has 0 saturated heterocycles. The number of furan rings is 1. The van der Waals surface area contributed by atoms with Gasteiger partial charge in [0.1, 0.15) is 23.8 Å². The summed E-state index contributed by atoms with van der Waals surface area (Å²) in [5.41, 5.74) is 2.20. The molecule has 2 aromatic carbocycles. The summed E-state index contributed by atoms with van der Waals surface area (Å²) >= 11 is 0. The predicted molar refractivity (Wildman–Crippen MR) is 116 cm³/mol. The summed E-state index contributed by atoms with van der Waals surface area (Å²) < 4.78 is 43.7. The van der Waals surface area contributed by atoms with Gasteiger partial charge in [-0.05, 0) is 62.4 Å². The molecule has 4 aromatic rings. The van der Waals surface area contributed by atoms with Crippen molar-refractivity contribution >= 4 is 15.7 Å². The molecule has 0 radical (unpaired) electrons. The first-order valence-electron chi connectivity index (χ1n) is 9.63. The van der Waals surface area contributed by atoms with Crippen molar-refractivity contribution in [2.45, 2.75) is 25.3 Å². The number of rotatable bonds is 7. The molecule has 0 spiro atoms. The third kappa shape index (κ3) is 4.34. The Hall–Kier alpha value is -3.52. The first-order chi connectivity index (χ1) is 14.8. The SMILES string of the molecule is Cc1ccc(S(=O)(=O)N(C)c2ccc(OCc3nc(-c4ccco4)oc3C)cc2)cc1. The minimum absolute atomic E-state index is 0.215. The Bertz CT molecular complexity index is 1260. The Kier molecular flexibility index (Phi) is 5.56. The Morgan fingerprint density at radius 3 is 2.35 bits per heavy atom. The van der Waals surface area contributed by atoms with Crippen molar-refractivity contribution in [3.63, 3.8) is 0 Å². The van der Waals surface area contributed by atoms with Gasteiger partial charge in [0.2, 0.25) is 0 Å². The van der Waals surface area contributed by atoms with E-state index in [1.807, 2.05) is 13.8 Å². The second-order valence-electron chi connectivity index (χ2n) is 7.07. The van der Waals surface area contributed by atoms with E-state index in [0.717, 1.165) is 5.56 Å². The van der Waals surface area contributed by atoms with E-state index in [9.17, 15) is 8.42 Å². The zero-order chi connectivity index (χ0) is 22.0. The van der Waals surface area contributed by atoms with E-state index < -0.39 is 10.0 Å². The molecular formula is C23H22N2O5S. The van der Waals surface area contributed by atoms with Crippen LogP contribution in [-0.4, -0.2) is 20.4 Å². The Balaban J connectivity index is 1.44. The van der Waals surface area contributed by atoms with Gasteiger partial charge in [-0.3, -0.25) is 4.31 Å². The maximum atomic E-state index is 12.8. The first-order valence-corrected chi connectivity index (χ1v) is 11.1. The fourth-order valence-electron chi connectivity index (χ4n) is 2.98. The summed E-state index contributed by atoms with van der Waals surface area (Å²) in [5, 5.41) is 0. The van der Waals surface area contributed by atoms with Crippen molar-refractivity contribution in [1.29, 1.82) is 0 Å². The molecule has 0 aliphatic heterocycles. The summed E-state index contributed by atoms with van der Waals surface area (Å²) in [5.74, 6) is 2.19. The van der Waals surface area contributed by atoms with Crippen molar-refractivity contribution in [2.24, 2.45) is 0 Å². The molecule has 0 amide bonds. The highest BCUT2D eigenvalue weighted by molar-refractivity contribution is 7.92. The van der Waals surface area contributed by atoms with Crippen molar-refractivity contribution in [1.82, 2.24) is 4.98 Å². The van der Waals surface area contributed by atoms with E-state index in [1.165, 1.54) is 11.4 Å². The van der Waals surface area contributed by atoms with Crippen LogP contribution < -0.4 is 9.04 Å². The Labute approximate surface area is 181 Å². The number of hydrogen-bond acceptors (Lipinski definition) is 6. The van der Waals surface area contributed by atoms with Crippen molar-refractivity contribution < 1.29 is 22.0 Å². The largest absolute Gasteiger partial charge is 0.487 e. The van der Waals surface area contributed by atoms with E-state index in [-0.39, 0.29) is 11.5 Å². The molecule has 2 aromatic heterocycles. The van der Waals surface area contributed by atoms with Gasteiger partial charge in [0, 0.05) is 7.05 Å². The first kappa shape index (κ1) is 20.7. The predicted octanol–water partition coefficient (Wildman–Crippen LogP) is 4.96. The maximum Gasteiger partial charge on any atom is 0.264 e. The second-order valence-corrected chi connectivity index (χ2v) is 9.04. The van der Waals surface area contributed by atoms with E-state index in [0.29, 0.717) is 34.5 Å². The molecule has 0 bridgehead atoms. The van der Waals surface area contributed by atoms with Crippen LogP contribution in [-0.2, 0) is 16.6 Å². The molecule has 4 rings (SSSR count). The number of sulfonamides is 1. The van der Waals surface area contributed by atoms with Gasteiger partial charge in [0.15, 0.2) is 5.76 Å². The summed E-state index contributed by atoms with van der Waals surface area (Å²) in [6.07, 6.45) is 1.56. The van der Waals surface area contributed by atoms with Crippen LogP contribution in [0.5, 0.6) is 5.75 Å². The number of aromatic nitrogens is 1. The van der Waals surface area contributed by atoms with Crippen LogP contribution in [0.25, 0.3) is 11.7 Å². The number of hydrogen-bond donors (Lipinski definition) is 0. The number of benzene rings is 2. The van der Waals surface area contributed by atoms with Crippen LogP contribution in [0.3, 0.4) is 0 Å². The Morgan fingerprint density at radius 2 is 1.71 bits per heavy atom. The molecule has 0 atom stereocenters. The molecule has 0 unspecified atom stereocenters. The van der Waals surface area contributed by atoms with Gasteiger partial charge in [-0.15, -0.1) is 0 Å². The van der Waals surface area contributed by atoms with E-state index in [4.69, 9.17) is 13.6 Å². The van der Waals surface area contributed by atoms with Crippen LogP contribution in [0.2, 0.25) is 0 Å². The number of anilines is 1. The zero-order valence-corrected chi connectivity index (χ0v) is 18.2. The molecule has 0 saturated carbocycles. The highest BCUT2D eigenvalue weighted by atomic mass is 32.2. The van der Waals surface area contributed by atoms with Gasteiger partial charge in [-0.1, -0.05) is 17.7 Å². The lowest BCUT2D eigenvalue weighted by molar-refractivity contribution is 0.299. The smallest absolute Gasteiger partial charge is 0.264 e. The average Bonchev–Trinajstić information content (AvgIpc) is 3.42. The highest BCUT2D eigenvalue weighted by Gasteiger charge is 2.21. The summed E-state index contributed by atoms with van der Waals surface area (Å²) in [6.45, 7) is 3.94. The fraction of sp³-hybridized carbons (Fsp3) is 0.174. The van der Waals surface area contributed by atoms with Gasteiger partial charge in [-0.25, -0.2) is 13.4 Å². The highest BCUT2D eigenvalue weighted by Crippen LogP contribution is 2.26. The van der Waals surface area contributed by atoms with E-state index >= 15 is 0 Å². The molecule has 160 valence electrons. The minimum atomic E-state index is -3.64. The van der Waals surface area contributed by atoms with Crippen LogP contribution >= 0.6 is 0 Å². The minimum Gasteiger partial charge on any atom is -0.487 e. The van der Waals surface area contributed by atoms with Crippen LogP contribution in [0.4, 0.5) is 5.69 Å². The molecule has 0 aliphatic rings. The molecule has 7 nitrogen and oxygen atoms in total. The molecule has 0 N–H and O–H groups in total. The number of aryl methyl sites for hydroxylation is 2. The molecule has 8 heteroatoms. The Morgan fingerprint density at radius 1 is 1.00 bits per heavy atom. The molecule has 0 aliphatic carbocycles. The molecule has 2 heterocycles. The molecule has 0 fully saturated rings. The quantitative estimate of drug-likeness (QED) is 0.406. The standard InChI is InChI=1S/C23H22N2O5S/c1-16-6-12-20(13-7-16)31(26,27)25(3)18-8-10-19(11-9-18)29-15-21-17(2)30-23(24-21)22-5-4-14-28-22/h4-14H,15H2,1-3H3. The summed E-state index contributed by atoms with van der Waals surface area (Å²) in [7, 11) is -2.11. The number of oxazole rings is 1. The van der Waals surface area contributed by atoms with Crippen molar-refractivity contribution in [3.8, 4) is 17.4 Å². The third-order valence-electron chi connectivity index (χ3n) is 4.88. The fourth-order valence-corrected chi connectivity index (χ4v) is 4.17. The van der Waals surface area contributed by atoms with E-state index in [1.54, 1.807) is 66.9 Å². The van der Waals surface area contributed by atoms with Crippen LogP contribution in [0.1, 0.15) is 17.0 Å². The summed E-state index contributed by atoms with van der Waals surface area (Å²) in [6, 6.07) is 17.2. The van der Waals surface area contributed by atoms with Crippen molar-refractivity contribution in [3.05, 3.63) is 83.9 Å². The zero-order valence-electron chi connectivity index (χ0n) is 17.4. The van der Waals surface area contributed by atoms with Gasteiger partial charge < -0.3 is 13.6 Å². The topological polar surface area (TPSA) is 85.8 Å². The van der Waals surface area contributed by atoms with Gasteiger partial charge in [0.25, 0.3) is 15.9 Å². The van der Waals surface area contributed by atoms with Crippen LogP contribution in [0.15, 0.2) is 80.7 Å². The van der Waals surface area contributed by atoms with Gasteiger partial charge >= 0.3 is 0 Å². The average molecular weight is 439 g/mol. The maximum absolute atomic E-state index is 12.8. The molecule has 31 heavy (non-hydrogen) atoms. The van der Waals surface area contributed by atoms with E-state index in [2.05, 4.69) is 4.98 Å². The molecular weight excluding hydrogens is 416 g/mol. The van der Waals surface area contributed by atoms with Gasteiger partial charge in [0.05, 0.1) is 16.8 Å².